The Morgan fingerprint density at radius 1 is 1.06 bits per heavy atom. The third-order valence-corrected chi connectivity index (χ3v) is 7.18. The average molecular weight is 467 g/mol. The molecule has 2 aromatic carbocycles. The molecule has 7 heteroatoms. The summed E-state index contributed by atoms with van der Waals surface area (Å²) in [6.45, 7) is 1.85. The normalized spacial score (nSPS) is 23.6. The van der Waals surface area contributed by atoms with Crippen LogP contribution in [0.1, 0.15) is 43.2 Å². The summed E-state index contributed by atoms with van der Waals surface area (Å²) in [5, 5.41) is 0.635. The lowest BCUT2D eigenvalue weighted by atomic mass is 9.33. The maximum atomic E-state index is 13.9. The van der Waals surface area contributed by atoms with Gasteiger partial charge in [-0.1, -0.05) is 23.2 Å². The number of hydrogen-bond donors (Lipinski definition) is 0. The highest BCUT2D eigenvalue weighted by atomic mass is 35.5. The largest absolute Gasteiger partial charge is 0.486 e. The van der Waals surface area contributed by atoms with E-state index in [2.05, 4.69) is 0 Å². The standard InChI is InChI=1S/C24H22Cl2F2O3/c1-14-6-17(2-4-19(14)26)31-10-16(29)9-23-11-24(12-23,13-23)22(30)5-3-18-20(27)7-15(25)8-21(18)28/h2,4,6-8H,3,5,9-13H2,1H3. The second kappa shape index (κ2) is 8.18. The summed E-state index contributed by atoms with van der Waals surface area (Å²) in [5.41, 5.74) is 0.227. The molecule has 2 aromatic rings. The maximum Gasteiger partial charge on any atom is 0.170 e. The van der Waals surface area contributed by atoms with Crippen LogP contribution in [-0.2, 0) is 16.0 Å². The molecule has 3 fully saturated rings. The Morgan fingerprint density at radius 2 is 1.71 bits per heavy atom. The third-order valence-electron chi connectivity index (χ3n) is 6.54. The molecular weight excluding hydrogens is 445 g/mol. The van der Waals surface area contributed by atoms with Crippen LogP contribution >= 0.6 is 23.2 Å². The molecule has 0 heterocycles. The lowest BCUT2D eigenvalue weighted by Crippen LogP contribution is -2.66. The number of ether oxygens (including phenoxy) is 1. The first-order valence-electron chi connectivity index (χ1n) is 10.2. The molecule has 3 nitrogen and oxygen atoms in total. The first-order chi connectivity index (χ1) is 14.6. The molecule has 0 aliphatic heterocycles. The zero-order valence-corrected chi connectivity index (χ0v) is 18.6. The molecule has 164 valence electrons. The van der Waals surface area contributed by atoms with Crippen molar-refractivity contribution < 1.29 is 23.1 Å². The fourth-order valence-electron chi connectivity index (χ4n) is 5.14. The Morgan fingerprint density at radius 3 is 2.32 bits per heavy atom. The van der Waals surface area contributed by atoms with Crippen LogP contribution in [-0.4, -0.2) is 18.2 Å². The summed E-state index contributed by atoms with van der Waals surface area (Å²) in [6, 6.07) is 7.36. The Kier molecular flexibility index (Phi) is 5.86. The highest BCUT2D eigenvalue weighted by molar-refractivity contribution is 6.31. The number of ketones is 2. The molecule has 0 saturated heterocycles. The van der Waals surface area contributed by atoms with E-state index in [1.165, 1.54) is 0 Å². The summed E-state index contributed by atoms with van der Waals surface area (Å²) in [6.07, 6.45) is 2.46. The lowest BCUT2D eigenvalue weighted by molar-refractivity contribution is -0.208. The molecule has 3 aliphatic carbocycles. The SMILES string of the molecule is Cc1cc(OCC(=O)CC23CC(C(=O)CCc4c(F)cc(Cl)cc4F)(C2)C3)ccc1Cl. The van der Waals surface area contributed by atoms with Crippen molar-refractivity contribution in [2.45, 2.75) is 45.4 Å². The van der Waals surface area contributed by atoms with Crippen LogP contribution in [0.4, 0.5) is 8.78 Å². The van der Waals surface area contributed by atoms with E-state index in [1.807, 2.05) is 6.92 Å². The number of benzene rings is 2. The Bertz CT molecular complexity index is 1020. The average Bonchev–Trinajstić information content (AvgIpc) is 2.63. The molecule has 0 spiro atoms. The van der Waals surface area contributed by atoms with Crippen molar-refractivity contribution in [1.82, 2.24) is 0 Å². The number of carbonyl (C=O) groups excluding carboxylic acids is 2. The van der Waals surface area contributed by atoms with E-state index in [0.29, 0.717) is 36.5 Å². The quantitative estimate of drug-likeness (QED) is 0.435. The first-order valence-corrected chi connectivity index (χ1v) is 10.9. The number of Topliss-reactive ketones (excluding diaryl/α,β-unsaturated/α-hetero) is 2. The molecular formula is C24H22Cl2F2O3. The maximum absolute atomic E-state index is 13.9. The molecule has 5 rings (SSSR count). The monoisotopic (exact) mass is 466 g/mol. The van der Waals surface area contributed by atoms with Crippen LogP contribution in [0.3, 0.4) is 0 Å². The van der Waals surface area contributed by atoms with E-state index in [9.17, 15) is 18.4 Å². The van der Waals surface area contributed by atoms with Crippen molar-refractivity contribution in [2.24, 2.45) is 10.8 Å². The van der Waals surface area contributed by atoms with Gasteiger partial charge in [-0.05, 0) is 73.9 Å². The van der Waals surface area contributed by atoms with Crippen LogP contribution in [0.25, 0.3) is 0 Å². The van der Waals surface area contributed by atoms with Crippen molar-refractivity contribution in [1.29, 1.82) is 0 Å². The zero-order chi connectivity index (χ0) is 22.4. The van der Waals surface area contributed by atoms with Gasteiger partial charge in [0.1, 0.15) is 29.8 Å². The highest BCUT2D eigenvalue weighted by Gasteiger charge is 2.70. The topological polar surface area (TPSA) is 43.4 Å². The second-order valence-corrected chi connectivity index (χ2v) is 9.84. The summed E-state index contributed by atoms with van der Waals surface area (Å²) in [4.78, 5) is 25.0. The van der Waals surface area contributed by atoms with Crippen LogP contribution in [0.2, 0.25) is 10.0 Å². The number of halogens is 4. The van der Waals surface area contributed by atoms with Gasteiger partial charge in [-0.3, -0.25) is 9.59 Å². The van der Waals surface area contributed by atoms with E-state index in [-0.39, 0.29) is 47.0 Å². The van der Waals surface area contributed by atoms with Gasteiger partial charge < -0.3 is 4.74 Å². The lowest BCUT2D eigenvalue weighted by Gasteiger charge is -2.70. The smallest absolute Gasteiger partial charge is 0.170 e. The number of carbonyl (C=O) groups is 2. The predicted molar refractivity (Wildman–Crippen MR) is 115 cm³/mol. The number of rotatable bonds is 9. The summed E-state index contributed by atoms with van der Waals surface area (Å²) >= 11 is 11.6. The van der Waals surface area contributed by atoms with Gasteiger partial charge in [-0.2, -0.15) is 0 Å². The fourth-order valence-corrected chi connectivity index (χ4v) is 5.45. The van der Waals surface area contributed by atoms with Crippen molar-refractivity contribution >= 4 is 34.8 Å². The highest BCUT2D eigenvalue weighted by Crippen LogP contribution is 2.75. The van der Waals surface area contributed by atoms with E-state index < -0.39 is 17.0 Å². The molecule has 3 aliphatic rings. The fraction of sp³-hybridized carbons (Fsp3) is 0.417. The van der Waals surface area contributed by atoms with E-state index in [4.69, 9.17) is 27.9 Å². The number of aryl methyl sites for hydroxylation is 1. The van der Waals surface area contributed by atoms with E-state index in [1.54, 1.807) is 18.2 Å². The molecule has 0 amide bonds. The van der Waals surface area contributed by atoms with Gasteiger partial charge in [-0.15, -0.1) is 0 Å². The predicted octanol–water partition coefficient (Wildman–Crippen LogP) is 6.29. The van der Waals surface area contributed by atoms with Gasteiger partial charge in [0.15, 0.2) is 5.78 Å². The molecule has 0 radical (unpaired) electrons. The molecule has 0 atom stereocenters. The van der Waals surface area contributed by atoms with Crippen molar-refractivity contribution in [3.05, 3.63) is 63.1 Å². The van der Waals surface area contributed by atoms with Crippen LogP contribution in [0.15, 0.2) is 30.3 Å². The first kappa shape index (κ1) is 22.2. The van der Waals surface area contributed by atoms with Crippen LogP contribution in [0.5, 0.6) is 5.75 Å². The van der Waals surface area contributed by atoms with Gasteiger partial charge in [0.25, 0.3) is 0 Å². The second-order valence-electron chi connectivity index (χ2n) is 9.00. The van der Waals surface area contributed by atoms with Gasteiger partial charge in [0.05, 0.1) is 0 Å². The minimum absolute atomic E-state index is 0.00124. The van der Waals surface area contributed by atoms with Crippen LogP contribution in [0, 0.1) is 29.4 Å². The Labute approximate surface area is 189 Å². The van der Waals surface area contributed by atoms with Gasteiger partial charge >= 0.3 is 0 Å². The zero-order valence-electron chi connectivity index (χ0n) is 17.1. The third kappa shape index (κ3) is 4.35. The number of hydrogen-bond acceptors (Lipinski definition) is 3. The van der Waals surface area contributed by atoms with Crippen molar-refractivity contribution in [3.8, 4) is 5.75 Å². The molecule has 0 aromatic heterocycles. The van der Waals surface area contributed by atoms with Gasteiger partial charge in [-0.25, -0.2) is 8.78 Å². The minimum atomic E-state index is -0.728. The van der Waals surface area contributed by atoms with Crippen molar-refractivity contribution in [2.75, 3.05) is 6.61 Å². The molecule has 3 saturated carbocycles. The van der Waals surface area contributed by atoms with E-state index >= 15 is 0 Å². The summed E-state index contributed by atoms with van der Waals surface area (Å²) < 4.78 is 33.4. The van der Waals surface area contributed by atoms with Crippen molar-refractivity contribution in [3.63, 3.8) is 0 Å². The van der Waals surface area contributed by atoms with Gasteiger partial charge in [0.2, 0.25) is 0 Å². The minimum Gasteiger partial charge on any atom is -0.486 e. The van der Waals surface area contributed by atoms with E-state index in [0.717, 1.165) is 17.7 Å². The Balaban J connectivity index is 1.24. The van der Waals surface area contributed by atoms with Gasteiger partial charge in [0, 0.05) is 33.9 Å². The summed E-state index contributed by atoms with van der Waals surface area (Å²) in [5.74, 6) is -0.843. The molecule has 2 bridgehead atoms. The molecule has 0 unspecified atom stereocenters. The molecule has 0 N–H and O–H groups in total. The molecule has 31 heavy (non-hydrogen) atoms. The summed E-state index contributed by atoms with van der Waals surface area (Å²) in [7, 11) is 0. The van der Waals surface area contributed by atoms with Crippen LogP contribution < -0.4 is 4.74 Å². The Hall–Kier alpha value is -1.98.